The quantitative estimate of drug-likeness (QED) is 0.674. The molecule has 1 fully saturated rings. The number of halogens is 1. The van der Waals surface area contributed by atoms with E-state index in [0.717, 1.165) is 16.7 Å². The fourth-order valence-electron chi connectivity index (χ4n) is 4.07. The first-order valence-electron chi connectivity index (χ1n) is 10.4. The molecule has 0 bridgehead atoms. The smallest absolute Gasteiger partial charge is 0.253 e. The summed E-state index contributed by atoms with van der Waals surface area (Å²) in [5.41, 5.74) is 3.60. The fraction of sp³-hybridized carbons (Fsp3) is 0.231. The summed E-state index contributed by atoms with van der Waals surface area (Å²) in [5, 5.41) is 2.97. The number of benzene rings is 3. The predicted molar refractivity (Wildman–Crippen MR) is 118 cm³/mol. The highest BCUT2D eigenvalue weighted by atomic mass is 19.1. The molecule has 2 amide bonds. The number of carbonyl (C=O) groups excluding carboxylic acids is 2. The highest BCUT2D eigenvalue weighted by Crippen LogP contribution is 2.33. The van der Waals surface area contributed by atoms with E-state index in [1.807, 2.05) is 61.5 Å². The number of hydrogen-bond acceptors (Lipinski definition) is 2. The highest BCUT2D eigenvalue weighted by Gasteiger charge is 2.40. The Labute approximate surface area is 181 Å². The first-order chi connectivity index (χ1) is 15.0. The Bertz CT molecular complexity index is 1050. The van der Waals surface area contributed by atoms with E-state index in [1.54, 1.807) is 17.0 Å². The van der Waals surface area contributed by atoms with Gasteiger partial charge in [-0.3, -0.25) is 9.59 Å². The molecule has 0 aliphatic carbocycles. The summed E-state index contributed by atoms with van der Waals surface area (Å²) in [6, 6.07) is 23.4. The van der Waals surface area contributed by atoms with E-state index in [9.17, 15) is 14.0 Å². The largest absolute Gasteiger partial charge is 0.352 e. The zero-order valence-corrected chi connectivity index (χ0v) is 17.4. The number of rotatable bonds is 5. The molecule has 1 saturated heterocycles. The van der Waals surface area contributed by atoms with Gasteiger partial charge in [-0.15, -0.1) is 0 Å². The average Bonchev–Trinajstić information content (AvgIpc) is 3.25. The van der Waals surface area contributed by atoms with Gasteiger partial charge >= 0.3 is 0 Å². The van der Waals surface area contributed by atoms with E-state index in [0.29, 0.717) is 25.2 Å². The van der Waals surface area contributed by atoms with Gasteiger partial charge in [-0.1, -0.05) is 60.2 Å². The van der Waals surface area contributed by atoms with Crippen molar-refractivity contribution in [2.24, 2.45) is 5.92 Å². The van der Waals surface area contributed by atoms with E-state index < -0.39 is 0 Å². The van der Waals surface area contributed by atoms with E-state index >= 15 is 0 Å². The van der Waals surface area contributed by atoms with Crippen LogP contribution in [0.2, 0.25) is 0 Å². The molecule has 1 aliphatic heterocycles. The lowest BCUT2D eigenvalue weighted by molar-refractivity contribution is -0.125. The van der Waals surface area contributed by atoms with Crippen molar-refractivity contribution in [1.29, 1.82) is 0 Å². The predicted octanol–water partition coefficient (Wildman–Crippen LogP) is 4.31. The summed E-state index contributed by atoms with van der Waals surface area (Å²) in [5.74, 6) is -0.895. The van der Waals surface area contributed by atoms with Crippen molar-refractivity contribution in [3.05, 3.63) is 107 Å². The Kier molecular flexibility index (Phi) is 6.12. The molecule has 4 nitrogen and oxygen atoms in total. The molecule has 1 aliphatic rings. The molecule has 2 atom stereocenters. The second kappa shape index (κ2) is 9.13. The van der Waals surface area contributed by atoms with Gasteiger partial charge in [0.15, 0.2) is 0 Å². The minimum absolute atomic E-state index is 0.0604. The summed E-state index contributed by atoms with van der Waals surface area (Å²) in [6.07, 6.45) is 0. The van der Waals surface area contributed by atoms with Crippen LogP contribution in [0.25, 0.3) is 0 Å². The zero-order valence-electron chi connectivity index (χ0n) is 17.4. The van der Waals surface area contributed by atoms with Crippen LogP contribution >= 0.6 is 0 Å². The molecule has 0 spiro atoms. The molecule has 158 valence electrons. The Morgan fingerprint density at radius 1 is 0.935 bits per heavy atom. The molecule has 5 heteroatoms. The Hall–Kier alpha value is -3.47. The van der Waals surface area contributed by atoms with Crippen LogP contribution in [0, 0.1) is 18.7 Å². The van der Waals surface area contributed by atoms with Gasteiger partial charge in [-0.25, -0.2) is 4.39 Å². The number of aryl methyl sites for hydroxylation is 1. The molecule has 3 aromatic rings. The van der Waals surface area contributed by atoms with Gasteiger partial charge in [0.1, 0.15) is 5.82 Å². The highest BCUT2D eigenvalue weighted by molar-refractivity contribution is 5.95. The van der Waals surface area contributed by atoms with Crippen molar-refractivity contribution in [1.82, 2.24) is 10.2 Å². The number of nitrogens with one attached hydrogen (secondary N) is 1. The molecule has 4 rings (SSSR count). The number of hydrogen-bond donors (Lipinski definition) is 1. The molecule has 0 saturated carbocycles. The van der Waals surface area contributed by atoms with Crippen molar-refractivity contribution in [2.45, 2.75) is 19.4 Å². The normalized spacial score (nSPS) is 18.1. The first-order valence-corrected chi connectivity index (χ1v) is 10.4. The molecular formula is C26H25FN2O2. The van der Waals surface area contributed by atoms with E-state index in [1.165, 1.54) is 12.1 Å². The number of nitrogens with zero attached hydrogens (tertiary/aromatic N) is 1. The van der Waals surface area contributed by atoms with Crippen LogP contribution in [0.3, 0.4) is 0 Å². The average molecular weight is 416 g/mol. The lowest BCUT2D eigenvalue weighted by atomic mass is 9.88. The third kappa shape index (κ3) is 4.82. The van der Waals surface area contributed by atoms with E-state index in [4.69, 9.17) is 0 Å². The molecule has 0 unspecified atom stereocenters. The third-order valence-corrected chi connectivity index (χ3v) is 5.85. The van der Waals surface area contributed by atoms with Crippen molar-refractivity contribution in [3.8, 4) is 0 Å². The summed E-state index contributed by atoms with van der Waals surface area (Å²) in [7, 11) is 0. The molecule has 1 heterocycles. The third-order valence-electron chi connectivity index (χ3n) is 5.85. The van der Waals surface area contributed by atoms with Gasteiger partial charge in [0.25, 0.3) is 5.91 Å². The van der Waals surface area contributed by atoms with Gasteiger partial charge in [0.2, 0.25) is 5.91 Å². The number of likely N-dealkylation sites (tertiary alicyclic amines) is 1. The van der Waals surface area contributed by atoms with Crippen LogP contribution in [-0.4, -0.2) is 29.8 Å². The van der Waals surface area contributed by atoms with Crippen LogP contribution in [-0.2, 0) is 11.3 Å². The van der Waals surface area contributed by atoms with E-state index in [2.05, 4.69) is 5.32 Å². The van der Waals surface area contributed by atoms with Gasteiger partial charge in [0.05, 0.1) is 5.92 Å². The maximum atomic E-state index is 13.1. The minimum Gasteiger partial charge on any atom is -0.352 e. The Morgan fingerprint density at radius 3 is 2.29 bits per heavy atom. The molecule has 31 heavy (non-hydrogen) atoms. The molecular weight excluding hydrogens is 391 g/mol. The number of carbonyl (C=O) groups is 2. The summed E-state index contributed by atoms with van der Waals surface area (Å²) < 4.78 is 13.1. The van der Waals surface area contributed by atoms with Gasteiger partial charge in [-0.2, -0.15) is 0 Å². The summed E-state index contributed by atoms with van der Waals surface area (Å²) >= 11 is 0. The lowest BCUT2D eigenvalue weighted by Gasteiger charge is -2.18. The maximum absolute atomic E-state index is 13.1. The van der Waals surface area contributed by atoms with Crippen molar-refractivity contribution in [3.63, 3.8) is 0 Å². The van der Waals surface area contributed by atoms with Gasteiger partial charge < -0.3 is 10.2 Å². The standard InChI is InChI=1S/C26H25FN2O2/c1-18-7-11-21(12-8-18)26(31)29-16-23(20-5-3-2-4-6-20)24(17-29)25(30)28-15-19-9-13-22(27)14-10-19/h2-14,23-24H,15-17H2,1H3,(H,28,30)/t23-,24+/m0/s1. The van der Waals surface area contributed by atoms with E-state index in [-0.39, 0.29) is 29.5 Å². The van der Waals surface area contributed by atoms with Crippen LogP contribution < -0.4 is 5.32 Å². The Balaban J connectivity index is 1.51. The molecule has 1 N–H and O–H groups in total. The summed E-state index contributed by atoms with van der Waals surface area (Å²) in [6.45, 7) is 3.16. The molecule has 3 aromatic carbocycles. The fourth-order valence-corrected chi connectivity index (χ4v) is 4.07. The lowest BCUT2D eigenvalue weighted by Crippen LogP contribution is -2.35. The molecule has 0 aromatic heterocycles. The van der Waals surface area contributed by atoms with Crippen LogP contribution in [0.15, 0.2) is 78.9 Å². The minimum atomic E-state index is -0.350. The maximum Gasteiger partial charge on any atom is 0.253 e. The van der Waals surface area contributed by atoms with Gasteiger partial charge in [-0.05, 0) is 42.3 Å². The second-order valence-corrected chi connectivity index (χ2v) is 8.04. The number of amides is 2. The Morgan fingerprint density at radius 2 is 1.61 bits per heavy atom. The summed E-state index contributed by atoms with van der Waals surface area (Å²) in [4.78, 5) is 27.9. The van der Waals surface area contributed by atoms with Crippen LogP contribution in [0.1, 0.15) is 33.0 Å². The SMILES string of the molecule is Cc1ccc(C(=O)N2C[C@@H](C(=O)NCc3ccc(F)cc3)[C@H](c3ccccc3)C2)cc1. The molecule has 0 radical (unpaired) electrons. The first kappa shape index (κ1) is 20.8. The monoisotopic (exact) mass is 416 g/mol. The van der Waals surface area contributed by atoms with Crippen LogP contribution in [0.4, 0.5) is 4.39 Å². The van der Waals surface area contributed by atoms with Crippen molar-refractivity contribution in [2.75, 3.05) is 13.1 Å². The van der Waals surface area contributed by atoms with Crippen molar-refractivity contribution < 1.29 is 14.0 Å². The second-order valence-electron chi connectivity index (χ2n) is 8.04. The van der Waals surface area contributed by atoms with Crippen LogP contribution in [0.5, 0.6) is 0 Å². The zero-order chi connectivity index (χ0) is 21.8. The van der Waals surface area contributed by atoms with Gasteiger partial charge in [0, 0.05) is 31.1 Å². The van der Waals surface area contributed by atoms with Crippen molar-refractivity contribution >= 4 is 11.8 Å². The topological polar surface area (TPSA) is 49.4 Å².